The second-order valence-corrected chi connectivity index (χ2v) is 3.45. The van der Waals surface area contributed by atoms with E-state index < -0.39 is 6.10 Å². The van der Waals surface area contributed by atoms with Crippen LogP contribution in [0.15, 0.2) is 18.2 Å². The van der Waals surface area contributed by atoms with Gasteiger partial charge in [0, 0.05) is 0 Å². The number of nitrogens with two attached hydrogens (primary N) is 1. The van der Waals surface area contributed by atoms with Gasteiger partial charge in [-0.25, -0.2) is 0 Å². The number of aryl methyl sites for hydroxylation is 2. The molecule has 0 aliphatic carbocycles. The first-order valence-electron chi connectivity index (χ1n) is 4.60. The van der Waals surface area contributed by atoms with Crippen molar-refractivity contribution in [2.45, 2.75) is 26.4 Å². The highest BCUT2D eigenvalue weighted by Crippen LogP contribution is 2.21. The van der Waals surface area contributed by atoms with Crippen molar-refractivity contribution in [1.82, 2.24) is 0 Å². The van der Waals surface area contributed by atoms with Crippen LogP contribution < -0.4 is 5.73 Å². The van der Waals surface area contributed by atoms with Crippen LogP contribution >= 0.6 is 0 Å². The van der Waals surface area contributed by atoms with E-state index in [4.69, 9.17) is 5.73 Å². The fourth-order valence-corrected chi connectivity index (χ4v) is 1.43. The molecule has 1 aromatic rings. The van der Waals surface area contributed by atoms with Gasteiger partial charge in [0.05, 0.1) is 6.10 Å². The van der Waals surface area contributed by atoms with Gasteiger partial charge in [-0.1, -0.05) is 23.8 Å². The summed E-state index contributed by atoms with van der Waals surface area (Å²) in [6.07, 6.45) is 0.217. The fourth-order valence-electron chi connectivity index (χ4n) is 1.43. The Kier molecular flexibility index (Phi) is 3.46. The number of hydrogen-bond acceptors (Lipinski definition) is 2. The van der Waals surface area contributed by atoms with Crippen molar-refractivity contribution in [3.63, 3.8) is 0 Å². The molecule has 2 nitrogen and oxygen atoms in total. The largest absolute Gasteiger partial charge is 0.388 e. The van der Waals surface area contributed by atoms with Gasteiger partial charge in [-0.3, -0.25) is 0 Å². The molecule has 72 valence electrons. The van der Waals surface area contributed by atoms with E-state index in [1.54, 1.807) is 0 Å². The highest BCUT2D eigenvalue weighted by molar-refractivity contribution is 5.32. The molecular formula is C11H17NO. The summed E-state index contributed by atoms with van der Waals surface area (Å²) in [6.45, 7) is 4.56. The molecule has 2 heteroatoms. The number of aliphatic hydroxyl groups is 1. The van der Waals surface area contributed by atoms with Crippen molar-refractivity contribution in [1.29, 1.82) is 0 Å². The predicted octanol–water partition coefficient (Wildman–Crippen LogP) is 1.69. The second kappa shape index (κ2) is 4.40. The topological polar surface area (TPSA) is 46.2 Å². The average Bonchev–Trinajstić information content (AvgIpc) is 2.09. The SMILES string of the molecule is Cc1ccc(C)c(C(O)CCN)c1. The van der Waals surface area contributed by atoms with E-state index in [2.05, 4.69) is 0 Å². The highest BCUT2D eigenvalue weighted by atomic mass is 16.3. The molecule has 0 fully saturated rings. The van der Waals surface area contributed by atoms with E-state index in [0.29, 0.717) is 13.0 Å². The third-order valence-corrected chi connectivity index (χ3v) is 2.23. The molecule has 0 amide bonds. The molecule has 0 radical (unpaired) electrons. The molecular weight excluding hydrogens is 162 g/mol. The van der Waals surface area contributed by atoms with Gasteiger partial charge >= 0.3 is 0 Å². The van der Waals surface area contributed by atoms with Crippen LogP contribution in [0.1, 0.15) is 29.2 Å². The summed E-state index contributed by atoms with van der Waals surface area (Å²) >= 11 is 0. The maximum absolute atomic E-state index is 9.75. The number of benzene rings is 1. The number of aliphatic hydroxyl groups excluding tert-OH is 1. The minimum atomic E-state index is -0.412. The van der Waals surface area contributed by atoms with Crippen molar-refractivity contribution < 1.29 is 5.11 Å². The predicted molar refractivity (Wildman–Crippen MR) is 54.5 cm³/mol. The average molecular weight is 179 g/mol. The van der Waals surface area contributed by atoms with Crippen LogP contribution in [-0.2, 0) is 0 Å². The van der Waals surface area contributed by atoms with Gasteiger partial charge in [0.25, 0.3) is 0 Å². The molecule has 1 rings (SSSR count). The van der Waals surface area contributed by atoms with Crippen molar-refractivity contribution >= 4 is 0 Å². The van der Waals surface area contributed by atoms with Crippen LogP contribution in [-0.4, -0.2) is 11.7 Å². The molecule has 0 bridgehead atoms. The number of hydrogen-bond donors (Lipinski definition) is 2. The molecule has 0 heterocycles. The molecule has 1 unspecified atom stereocenters. The van der Waals surface area contributed by atoms with E-state index >= 15 is 0 Å². The lowest BCUT2D eigenvalue weighted by atomic mass is 9.99. The molecule has 0 aromatic heterocycles. The van der Waals surface area contributed by atoms with Crippen molar-refractivity contribution in [2.75, 3.05) is 6.54 Å². The fraction of sp³-hybridized carbons (Fsp3) is 0.455. The van der Waals surface area contributed by atoms with Gasteiger partial charge in [-0.2, -0.15) is 0 Å². The molecule has 13 heavy (non-hydrogen) atoms. The second-order valence-electron chi connectivity index (χ2n) is 3.45. The van der Waals surface area contributed by atoms with Gasteiger partial charge in [0.2, 0.25) is 0 Å². The Balaban J connectivity index is 2.91. The smallest absolute Gasteiger partial charge is 0.0804 e. The molecule has 0 spiro atoms. The Hall–Kier alpha value is -0.860. The molecule has 0 aliphatic rings. The lowest BCUT2D eigenvalue weighted by Gasteiger charge is -2.13. The third-order valence-electron chi connectivity index (χ3n) is 2.23. The summed E-state index contributed by atoms with van der Waals surface area (Å²) in [7, 11) is 0. The Labute approximate surface area is 79.4 Å². The summed E-state index contributed by atoms with van der Waals surface area (Å²) in [5.41, 5.74) is 8.71. The summed E-state index contributed by atoms with van der Waals surface area (Å²) in [6, 6.07) is 6.11. The van der Waals surface area contributed by atoms with E-state index in [1.807, 2.05) is 32.0 Å². The van der Waals surface area contributed by atoms with Crippen LogP contribution in [0.2, 0.25) is 0 Å². The number of rotatable bonds is 3. The maximum atomic E-state index is 9.75. The zero-order chi connectivity index (χ0) is 9.84. The maximum Gasteiger partial charge on any atom is 0.0804 e. The first-order chi connectivity index (χ1) is 6.15. The standard InChI is InChI=1S/C11H17NO/c1-8-3-4-9(2)10(7-8)11(13)5-6-12/h3-4,7,11,13H,5-6,12H2,1-2H3. The molecule has 0 saturated heterocycles. The van der Waals surface area contributed by atoms with Gasteiger partial charge in [0.15, 0.2) is 0 Å². The minimum absolute atomic E-state index is 0.412. The lowest BCUT2D eigenvalue weighted by molar-refractivity contribution is 0.169. The summed E-state index contributed by atoms with van der Waals surface area (Å²) in [5, 5.41) is 9.75. The van der Waals surface area contributed by atoms with E-state index in [-0.39, 0.29) is 0 Å². The Bertz CT molecular complexity index is 283. The van der Waals surface area contributed by atoms with Crippen LogP contribution in [0.3, 0.4) is 0 Å². The van der Waals surface area contributed by atoms with Gasteiger partial charge in [-0.05, 0) is 37.9 Å². The van der Waals surface area contributed by atoms with E-state index in [1.165, 1.54) is 5.56 Å². The molecule has 1 aromatic carbocycles. The lowest BCUT2D eigenvalue weighted by Crippen LogP contribution is -2.08. The van der Waals surface area contributed by atoms with Gasteiger partial charge in [0.1, 0.15) is 0 Å². The highest BCUT2D eigenvalue weighted by Gasteiger charge is 2.08. The molecule has 1 atom stereocenters. The van der Waals surface area contributed by atoms with Crippen molar-refractivity contribution in [2.24, 2.45) is 5.73 Å². The minimum Gasteiger partial charge on any atom is -0.388 e. The summed E-state index contributed by atoms with van der Waals surface area (Å²) in [4.78, 5) is 0. The molecule has 3 N–H and O–H groups in total. The summed E-state index contributed by atoms with van der Waals surface area (Å²) < 4.78 is 0. The monoisotopic (exact) mass is 179 g/mol. The normalized spacial score (nSPS) is 12.9. The van der Waals surface area contributed by atoms with E-state index in [0.717, 1.165) is 11.1 Å². The third kappa shape index (κ3) is 2.54. The van der Waals surface area contributed by atoms with Crippen molar-refractivity contribution in [3.05, 3.63) is 34.9 Å². The quantitative estimate of drug-likeness (QED) is 0.741. The zero-order valence-corrected chi connectivity index (χ0v) is 8.25. The Morgan fingerprint density at radius 2 is 2.08 bits per heavy atom. The summed E-state index contributed by atoms with van der Waals surface area (Å²) in [5.74, 6) is 0. The van der Waals surface area contributed by atoms with E-state index in [9.17, 15) is 5.11 Å². The Morgan fingerprint density at radius 1 is 1.38 bits per heavy atom. The van der Waals surface area contributed by atoms with Crippen LogP contribution in [0.5, 0.6) is 0 Å². The van der Waals surface area contributed by atoms with Crippen LogP contribution in [0, 0.1) is 13.8 Å². The van der Waals surface area contributed by atoms with Gasteiger partial charge in [-0.15, -0.1) is 0 Å². The van der Waals surface area contributed by atoms with Crippen LogP contribution in [0.25, 0.3) is 0 Å². The first-order valence-corrected chi connectivity index (χ1v) is 4.60. The van der Waals surface area contributed by atoms with Crippen LogP contribution in [0.4, 0.5) is 0 Å². The van der Waals surface area contributed by atoms with Crippen molar-refractivity contribution in [3.8, 4) is 0 Å². The first kappa shape index (κ1) is 10.2. The Morgan fingerprint density at radius 3 is 2.69 bits per heavy atom. The van der Waals surface area contributed by atoms with Gasteiger partial charge < -0.3 is 10.8 Å². The molecule has 0 aliphatic heterocycles. The zero-order valence-electron chi connectivity index (χ0n) is 8.25. The molecule has 0 saturated carbocycles.